The zero-order chi connectivity index (χ0) is 26.2. The van der Waals surface area contributed by atoms with Crippen LogP contribution in [0.15, 0.2) is 91.0 Å². The molecule has 188 valence electrons. The molecule has 0 fully saturated rings. The van der Waals surface area contributed by atoms with E-state index in [2.05, 4.69) is 16.0 Å². The number of rotatable bonds is 8. The Morgan fingerprint density at radius 3 is 2.35 bits per heavy atom. The van der Waals surface area contributed by atoms with Crippen LogP contribution in [0.1, 0.15) is 21.5 Å². The van der Waals surface area contributed by atoms with Gasteiger partial charge in [-0.25, -0.2) is 4.39 Å². The predicted octanol–water partition coefficient (Wildman–Crippen LogP) is 7.26. The van der Waals surface area contributed by atoms with Crippen LogP contribution in [0.5, 0.6) is 0 Å². The van der Waals surface area contributed by atoms with E-state index in [0.29, 0.717) is 45.9 Å². The summed E-state index contributed by atoms with van der Waals surface area (Å²) in [5.74, 6) is -0.518. The summed E-state index contributed by atoms with van der Waals surface area (Å²) in [5.41, 5.74) is 4.73. The first-order valence-electron chi connectivity index (χ1n) is 11.6. The Bertz CT molecular complexity index is 1430. The van der Waals surface area contributed by atoms with E-state index in [1.54, 1.807) is 30.3 Å². The lowest BCUT2D eigenvalue weighted by atomic mass is 9.95. The van der Waals surface area contributed by atoms with Gasteiger partial charge in [-0.2, -0.15) is 0 Å². The zero-order valence-corrected chi connectivity index (χ0v) is 22.1. The van der Waals surface area contributed by atoms with E-state index in [9.17, 15) is 9.18 Å². The summed E-state index contributed by atoms with van der Waals surface area (Å²) in [4.78, 5) is 13.1. The second-order valence-corrected chi connectivity index (χ2v) is 9.51. The van der Waals surface area contributed by atoms with Crippen LogP contribution in [0.2, 0.25) is 10.0 Å². The average molecular weight is 553 g/mol. The van der Waals surface area contributed by atoms with Crippen molar-refractivity contribution in [1.29, 1.82) is 0 Å². The molecule has 1 amide bonds. The Balaban J connectivity index is 1.44. The van der Waals surface area contributed by atoms with Gasteiger partial charge in [0.2, 0.25) is 0 Å². The number of hydrogen-bond acceptors (Lipinski definition) is 2. The lowest BCUT2D eigenvalue weighted by Gasteiger charge is -2.16. The molecule has 0 radical (unpaired) electrons. The van der Waals surface area contributed by atoms with Crippen LogP contribution in [0.4, 0.5) is 10.1 Å². The normalized spacial score (nSPS) is 10.6. The zero-order valence-electron chi connectivity index (χ0n) is 19.7. The highest BCUT2D eigenvalue weighted by molar-refractivity contribution is 7.80. The highest BCUT2D eigenvalue weighted by Gasteiger charge is 2.15. The standard InChI is InChI=1S/C29H24Cl2FN3OS/c30-21-13-12-19(27(31)16-21)14-15-33-28(36)26-11-4-3-10-25(26)24-9-2-1-6-20(24)18-34-29(37)35-23-8-5-7-22(32)17-23/h1-13,16-17H,14-15,18H2,(H,33,36)(H2,34,35,37). The molecule has 8 heteroatoms. The van der Waals surface area contributed by atoms with Gasteiger partial charge in [-0.05, 0) is 77.3 Å². The molecule has 0 aliphatic carbocycles. The van der Waals surface area contributed by atoms with Crippen LogP contribution in [-0.4, -0.2) is 17.6 Å². The lowest BCUT2D eigenvalue weighted by Crippen LogP contribution is -2.28. The average Bonchev–Trinajstić information content (AvgIpc) is 2.89. The van der Waals surface area contributed by atoms with Gasteiger partial charge in [0, 0.05) is 34.4 Å². The van der Waals surface area contributed by atoms with Crippen LogP contribution in [0.3, 0.4) is 0 Å². The summed E-state index contributed by atoms with van der Waals surface area (Å²) >= 11 is 17.6. The highest BCUT2D eigenvalue weighted by atomic mass is 35.5. The van der Waals surface area contributed by atoms with Crippen LogP contribution < -0.4 is 16.0 Å². The number of carbonyl (C=O) groups is 1. The number of anilines is 1. The Hall–Kier alpha value is -3.45. The van der Waals surface area contributed by atoms with Gasteiger partial charge in [0.15, 0.2) is 5.11 Å². The fraction of sp³-hybridized carbons (Fsp3) is 0.103. The minimum absolute atomic E-state index is 0.174. The third-order valence-corrected chi connectivity index (χ3v) is 6.53. The molecule has 0 saturated heterocycles. The van der Waals surface area contributed by atoms with E-state index >= 15 is 0 Å². The molecule has 4 rings (SSSR count). The minimum atomic E-state index is -0.343. The summed E-state index contributed by atoms with van der Waals surface area (Å²) in [6.07, 6.45) is 0.584. The molecule has 37 heavy (non-hydrogen) atoms. The third-order valence-electron chi connectivity index (χ3n) is 5.70. The van der Waals surface area contributed by atoms with Gasteiger partial charge in [-0.1, -0.05) is 77.8 Å². The van der Waals surface area contributed by atoms with Crippen LogP contribution in [0.25, 0.3) is 11.1 Å². The van der Waals surface area contributed by atoms with E-state index in [0.717, 1.165) is 22.3 Å². The van der Waals surface area contributed by atoms with Crippen molar-refractivity contribution in [2.75, 3.05) is 11.9 Å². The van der Waals surface area contributed by atoms with Crippen LogP contribution in [-0.2, 0) is 13.0 Å². The smallest absolute Gasteiger partial charge is 0.251 e. The fourth-order valence-electron chi connectivity index (χ4n) is 3.90. The Morgan fingerprint density at radius 2 is 1.57 bits per heavy atom. The molecule has 4 aromatic carbocycles. The molecular weight excluding hydrogens is 528 g/mol. The molecule has 0 saturated carbocycles. The molecule has 0 aliphatic heterocycles. The first kappa shape index (κ1) is 26.6. The largest absolute Gasteiger partial charge is 0.358 e. The predicted molar refractivity (Wildman–Crippen MR) is 154 cm³/mol. The molecule has 0 heterocycles. The Morgan fingerprint density at radius 1 is 0.811 bits per heavy atom. The molecule has 0 atom stereocenters. The highest BCUT2D eigenvalue weighted by Crippen LogP contribution is 2.27. The number of amides is 1. The van der Waals surface area contributed by atoms with Crippen molar-refractivity contribution in [3.05, 3.63) is 124 Å². The monoisotopic (exact) mass is 551 g/mol. The number of thiocarbonyl (C=S) groups is 1. The third kappa shape index (κ3) is 7.29. The van der Waals surface area contributed by atoms with E-state index in [1.165, 1.54) is 12.1 Å². The minimum Gasteiger partial charge on any atom is -0.358 e. The number of benzene rings is 4. The van der Waals surface area contributed by atoms with Gasteiger partial charge in [-0.15, -0.1) is 0 Å². The molecule has 0 unspecified atom stereocenters. The van der Waals surface area contributed by atoms with Crippen molar-refractivity contribution in [3.8, 4) is 11.1 Å². The van der Waals surface area contributed by atoms with Gasteiger partial charge in [0.1, 0.15) is 5.82 Å². The summed E-state index contributed by atoms with van der Waals surface area (Å²) in [7, 11) is 0. The van der Waals surface area contributed by atoms with E-state index in [-0.39, 0.29) is 11.7 Å². The summed E-state index contributed by atoms with van der Waals surface area (Å²) in [6.45, 7) is 0.847. The van der Waals surface area contributed by atoms with Crippen molar-refractivity contribution in [1.82, 2.24) is 10.6 Å². The van der Waals surface area contributed by atoms with Crippen molar-refractivity contribution < 1.29 is 9.18 Å². The van der Waals surface area contributed by atoms with Crippen molar-refractivity contribution in [2.45, 2.75) is 13.0 Å². The van der Waals surface area contributed by atoms with E-state index in [4.69, 9.17) is 35.4 Å². The van der Waals surface area contributed by atoms with Crippen molar-refractivity contribution >= 4 is 52.1 Å². The van der Waals surface area contributed by atoms with Crippen LogP contribution in [0, 0.1) is 5.82 Å². The molecule has 0 spiro atoms. The topological polar surface area (TPSA) is 53.2 Å². The quantitative estimate of drug-likeness (QED) is 0.202. The Kier molecular flexibility index (Phi) is 9.12. The second-order valence-electron chi connectivity index (χ2n) is 8.26. The fourth-order valence-corrected chi connectivity index (χ4v) is 4.59. The van der Waals surface area contributed by atoms with E-state index in [1.807, 2.05) is 48.5 Å². The molecule has 0 aromatic heterocycles. The van der Waals surface area contributed by atoms with Gasteiger partial charge < -0.3 is 16.0 Å². The van der Waals surface area contributed by atoms with E-state index < -0.39 is 0 Å². The second kappa shape index (κ2) is 12.7. The van der Waals surface area contributed by atoms with Gasteiger partial charge in [-0.3, -0.25) is 4.79 Å². The lowest BCUT2D eigenvalue weighted by molar-refractivity contribution is 0.0955. The van der Waals surface area contributed by atoms with Crippen molar-refractivity contribution in [3.63, 3.8) is 0 Å². The molecule has 3 N–H and O–H groups in total. The summed E-state index contributed by atoms with van der Waals surface area (Å²) in [5, 5.41) is 10.7. The first-order valence-corrected chi connectivity index (χ1v) is 12.8. The Labute approximate surface area is 230 Å². The molecular formula is C29H24Cl2FN3OS. The number of nitrogens with one attached hydrogen (secondary N) is 3. The number of hydrogen-bond donors (Lipinski definition) is 3. The van der Waals surface area contributed by atoms with Crippen molar-refractivity contribution in [2.24, 2.45) is 0 Å². The van der Waals surface area contributed by atoms with Gasteiger partial charge in [0.25, 0.3) is 5.91 Å². The molecule has 4 nitrogen and oxygen atoms in total. The number of halogens is 3. The summed E-state index contributed by atoms with van der Waals surface area (Å²) in [6, 6.07) is 26.7. The summed E-state index contributed by atoms with van der Waals surface area (Å²) < 4.78 is 13.5. The number of carbonyl (C=O) groups excluding carboxylic acids is 1. The van der Waals surface area contributed by atoms with Gasteiger partial charge >= 0.3 is 0 Å². The SMILES string of the molecule is O=C(NCCc1ccc(Cl)cc1Cl)c1ccccc1-c1ccccc1CNC(=S)Nc1cccc(F)c1. The van der Waals surface area contributed by atoms with Crippen LogP contribution >= 0.6 is 35.4 Å². The molecule has 0 aliphatic rings. The maximum absolute atomic E-state index is 13.5. The maximum atomic E-state index is 13.5. The molecule has 4 aromatic rings. The molecule has 0 bridgehead atoms. The van der Waals surface area contributed by atoms with Gasteiger partial charge in [0.05, 0.1) is 0 Å². The first-order chi connectivity index (χ1) is 17.9. The maximum Gasteiger partial charge on any atom is 0.251 e.